The summed E-state index contributed by atoms with van der Waals surface area (Å²) in [7, 11) is 0. The molecule has 4 rings (SSSR count). The van der Waals surface area contributed by atoms with Gasteiger partial charge in [0, 0.05) is 25.3 Å². The van der Waals surface area contributed by atoms with Crippen LogP contribution in [0.2, 0.25) is 0 Å². The van der Waals surface area contributed by atoms with Crippen LogP contribution < -0.4 is 5.32 Å². The van der Waals surface area contributed by atoms with E-state index in [1.807, 2.05) is 43.5 Å². The molecule has 1 aliphatic carbocycles. The molecule has 2 heterocycles. The summed E-state index contributed by atoms with van der Waals surface area (Å²) in [5, 5.41) is 3.17. The van der Waals surface area contributed by atoms with Gasteiger partial charge in [0.25, 0.3) is 0 Å². The maximum atomic E-state index is 12.9. The fourth-order valence-electron chi connectivity index (χ4n) is 3.31. The van der Waals surface area contributed by atoms with E-state index in [0.717, 1.165) is 42.9 Å². The molecule has 2 aliphatic rings. The first-order valence-electron chi connectivity index (χ1n) is 8.61. The van der Waals surface area contributed by atoms with Crippen LogP contribution in [0.15, 0.2) is 36.5 Å². The molecule has 1 aromatic carbocycles. The van der Waals surface area contributed by atoms with Gasteiger partial charge in [0.05, 0.1) is 5.69 Å². The van der Waals surface area contributed by atoms with Crippen LogP contribution in [-0.2, 0) is 17.8 Å². The lowest BCUT2D eigenvalue weighted by molar-refractivity contribution is -0.127. The molecule has 1 aliphatic heterocycles. The van der Waals surface area contributed by atoms with Gasteiger partial charge in [-0.3, -0.25) is 9.69 Å². The van der Waals surface area contributed by atoms with Gasteiger partial charge in [0.1, 0.15) is 11.9 Å². The molecule has 124 valence electrons. The molecule has 5 heteroatoms. The van der Waals surface area contributed by atoms with Crippen LogP contribution in [0.25, 0.3) is 0 Å². The van der Waals surface area contributed by atoms with Crippen molar-refractivity contribution in [1.29, 1.82) is 0 Å². The molecule has 0 unspecified atom stereocenters. The zero-order chi connectivity index (χ0) is 16.5. The van der Waals surface area contributed by atoms with E-state index in [1.54, 1.807) is 0 Å². The fourth-order valence-corrected chi connectivity index (χ4v) is 3.31. The maximum absolute atomic E-state index is 12.9. The van der Waals surface area contributed by atoms with E-state index in [-0.39, 0.29) is 11.9 Å². The van der Waals surface area contributed by atoms with Crippen molar-refractivity contribution in [3.8, 4) is 0 Å². The van der Waals surface area contributed by atoms with Crippen molar-refractivity contribution in [3.05, 3.63) is 59.2 Å². The molecular weight excluding hydrogens is 300 g/mol. The van der Waals surface area contributed by atoms with Crippen molar-refractivity contribution in [1.82, 2.24) is 20.2 Å². The molecule has 24 heavy (non-hydrogen) atoms. The van der Waals surface area contributed by atoms with Crippen molar-refractivity contribution in [3.63, 3.8) is 0 Å². The van der Waals surface area contributed by atoms with E-state index in [0.29, 0.717) is 12.6 Å². The van der Waals surface area contributed by atoms with E-state index in [4.69, 9.17) is 0 Å². The first-order chi connectivity index (χ1) is 11.7. The largest absolute Gasteiger partial charge is 0.352 e. The molecule has 0 saturated heterocycles. The Hall–Kier alpha value is -2.27. The third-order valence-electron chi connectivity index (χ3n) is 4.75. The van der Waals surface area contributed by atoms with Gasteiger partial charge in [-0.05, 0) is 37.3 Å². The third kappa shape index (κ3) is 3.17. The minimum atomic E-state index is -0.254. The monoisotopic (exact) mass is 322 g/mol. The molecule has 1 aromatic heterocycles. The highest BCUT2D eigenvalue weighted by molar-refractivity contribution is 5.83. The van der Waals surface area contributed by atoms with E-state index in [9.17, 15) is 4.79 Å². The maximum Gasteiger partial charge on any atom is 0.242 e. The molecule has 0 bridgehead atoms. The molecule has 1 N–H and O–H groups in total. The Morgan fingerprint density at radius 1 is 1.29 bits per heavy atom. The topological polar surface area (TPSA) is 58.1 Å². The highest BCUT2D eigenvalue weighted by Crippen LogP contribution is 2.29. The number of nitrogens with one attached hydrogen (secondary N) is 1. The van der Waals surface area contributed by atoms with E-state index >= 15 is 0 Å². The minimum Gasteiger partial charge on any atom is -0.352 e. The number of amides is 1. The van der Waals surface area contributed by atoms with Gasteiger partial charge in [-0.15, -0.1) is 0 Å². The van der Waals surface area contributed by atoms with Crippen LogP contribution in [0.4, 0.5) is 0 Å². The number of carbonyl (C=O) groups excluding carboxylic acids is 1. The van der Waals surface area contributed by atoms with Crippen LogP contribution in [0.5, 0.6) is 0 Å². The number of aromatic nitrogens is 2. The number of nitrogens with zero attached hydrogens (tertiary/aromatic N) is 3. The lowest BCUT2D eigenvalue weighted by atomic mass is 9.99. The van der Waals surface area contributed by atoms with Crippen LogP contribution in [0.3, 0.4) is 0 Å². The fraction of sp³-hybridized carbons (Fsp3) is 0.421. The Balaban J connectivity index is 1.62. The third-order valence-corrected chi connectivity index (χ3v) is 4.75. The zero-order valence-electron chi connectivity index (χ0n) is 13.9. The number of aryl methyl sites for hydroxylation is 1. The Kier molecular flexibility index (Phi) is 4.02. The first-order valence-corrected chi connectivity index (χ1v) is 8.61. The Bertz CT molecular complexity index is 742. The van der Waals surface area contributed by atoms with Gasteiger partial charge in [0.2, 0.25) is 5.91 Å². The molecule has 1 atom stereocenters. The standard InChI is InChI=1S/C19H22N4O/c1-13-20-11-15-9-10-23(12-17(15)21-13)18(14-5-3-2-4-6-14)19(24)22-16-7-8-16/h2-6,11,16,18H,7-10,12H2,1H3,(H,22,24)/t18-/m0/s1. The average molecular weight is 322 g/mol. The van der Waals surface area contributed by atoms with Crippen molar-refractivity contribution in [2.45, 2.75) is 44.8 Å². The van der Waals surface area contributed by atoms with Gasteiger partial charge in [-0.2, -0.15) is 0 Å². The normalized spacial score (nSPS) is 18.7. The summed E-state index contributed by atoms with van der Waals surface area (Å²) in [6, 6.07) is 10.2. The van der Waals surface area contributed by atoms with Crippen LogP contribution in [0, 0.1) is 6.92 Å². The molecule has 2 aromatic rings. The second-order valence-electron chi connectivity index (χ2n) is 6.71. The Morgan fingerprint density at radius 2 is 2.08 bits per heavy atom. The highest BCUT2D eigenvalue weighted by atomic mass is 16.2. The molecule has 0 spiro atoms. The number of hydrogen-bond donors (Lipinski definition) is 1. The lowest BCUT2D eigenvalue weighted by Crippen LogP contribution is -2.43. The predicted octanol–water partition coefficient (Wildman–Crippen LogP) is 2.16. The van der Waals surface area contributed by atoms with Crippen molar-refractivity contribution in [2.24, 2.45) is 0 Å². The Morgan fingerprint density at radius 3 is 2.83 bits per heavy atom. The SMILES string of the molecule is Cc1ncc2c(n1)CN([C@H](C(=O)NC1CC1)c1ccccc1)CC2. The van der Waals surface area contributed by atoms with E-state index in [2.05, 4.69) is 20.2 Å². The van der Waals surface area contributed by atoms with Crippen molar-refractivity contribution < 1.29 is 4.79 Å². The number of rotatable bonds is 4. The summed E-state index contributed by atoms with van der Waals surface area (Å²) in [4.78, 5) is 24.0. The Labute approximate surface area is 142 Å². The summed E-state index contributed by atoms with van der Waals surface area (Å²) < 4.78 is 0. The number of carbonyl (C=O) groups is 1. The van der Waals surface area contributed by atoms with Gasteiger partial charge >= 0.3 is 0 Å². The minimum absolute atomic E-state index is 0.109. The summed E-state index contributed by atoms with van der Waals surface area (Å²) >= 11 is 0. The van der Waals surface area contributed by atoms with Crippen molar-refractivity contribution >= 4 is 5.91 Å². The molecule has 0 radical (unpaired) electrons. The number of hydrogen-bond acceptors (Lipinski definition) is 4. The van der Waals surface area contributed by atoms with Crippen molar-refractivity contribution in [2.75, 3.05) is 6.54 Å². The average Bonchev–Trinajstić information content (AvgIpc) is 3.39. The van der Waals surface area contributed by atoms with Crippen LogP contribution in [-0.4, -0.2) is 33.4 Å². The smallest absolute Gasteiger partial charge is 0.242 e. The number of benzene rings is 1. The first kappa shape index (κ1) is 15.3. The highest BCUT2D eigenvalue weighted by Gasteiger charge is 2.34. The second kappa shape index (κ2) is 6.32. The molecular formula is C19H22N4O. The van der Waals surface area contributed by atoms with E-state index in [1.165, 1.54) is 5.56 Å². The molecule has 1 amide bonds. The lowest BCUT2D eigenvalue weighted by Gasteiger charge is -2.34. The summed E-state index contributed by atoms with van der Waals surface area (Å²) in [5.41, 5.74) is 3.30. The summed E-state index contributed by atoms with van der Waals surface area (Å²) in [6.07, 6.45) is 5.01. The molecule has 1 saturated carbocycles. The number of fused-ring (bicyclic) bond motifs is 1. The molecule has 1 fully saturated rings. The predicted molar refractivity (Wildman–Crippen MR) is 91.2 cm³/mol. The van der Waals surface area contributed by atoms with Gasteiger partial charge in [-0.1, -0.05) is 30.3 Å². The van der Waals surface area contributed by atoms with Gasteiger partial charge in [-0.25, -0.2) is 9.97 Å². The van der Waals surface area contributed by atoms with Crippen LogP contribution >= 0.6 is 0 Å². The quantitative estimate of drug-likeness (QED) is 0.937. The summed E-state index contributed by atoms with van der Waals surface area (Å²) in [6.45, 7) is 3.45. The van der Waals surface area contributed by atoms with Gasteiger partial charge in [0.15, 0.2) is 0 Å². The summed E-state index contributed by atoms with van der Waals surface area (Å²) in [5.74, 6) is 0.896. The van der Waals surface area contributed by atoms with Crippen LogP contribution in [0.1, 0.15) is 41.5 Å². The zero-order valence-corrected chi connectivity index (χ0v) is 13.9. The van der Waals surface area contributed by atoms with Gasteiger partial charge < -0.3 is 5.32 Å². The van der Waals surface area contributed by atoms with E-state index < -0.39 is 0 Å². The second-order valence-corrected chi connectivity index (χ2v) is 6.71. The molecule has 5 nitrogen and oxygen atoms in total.